The Morgan fingerprint density at radius 1 is 1.47 bits per heavy atom. The first-order valence-corrected chi connectivity index (χ1v) is 6.41. The number of nitrogens with zero attached hydrogens (tertiary/aromatic N) is 2. The second-order valence-electron chi connectivity index (χ2n) is 4.94. The fourth-order valence-corrected chi connectivity index (χ4v) is 1.79. The minimum absolute atomic E-state index is 0.0517. The number of rotatable bonds is 5. The van der Waals surface area contributed by atoms with Crippen LogP contribution in [-0.4, -0.2) is 26.6 Å². The predicted molar refractivity (Wildman–Crippen MR) is 74.1 cm³/mol. The number of aliphatic hydroxyl groups excluding tert-OH is 1. The van der Waals surface area contributed by atoms with E-state index in [2.05, 4.69) is 10.3 Å². The van der Waals surface area contributed by atoms with E-state index in [9.17, 15) is 9.90 Å². The largest absolute Gasteiger partial charge is 0.394 e. The van der Waals surface area contributed by atoms with E-state index in [1.54, 1.807) is 18.3 Å². The van der Waals surface area contributed by atoms with E-state index in [1.165, 1.54) is 10.5 Å². The Labute approximate surface area is 111 Å². The number of aromatic nitrogens is 2. The van der Waals surface area contributed by atoms with E-state index in [-0.39, 0.29) is 17.7 Å². The molecule has 1 atom stereocenters. The Balaban J connectivity index is 2.25. The van der Waals surface area contributed by atoms with Gasteiger partial charge in [-0.05, 0) is 25.5 Å². The third-order valence-electron chi connectivity index (χ3n) is 3.45. The minimum Gasteiger partial charge on any atom is -0.394 e. The van der Waals surface area contributed by atoms with Gasteiger partial charge in [-0.3, -0.25) is 9.20 Å². The summed E-state index contributed by atoms with van der Waals surface area (Å²) in [6, 6.07) is 6.97. The van der Waals surface area contributed by atoms with Gasteiger partial charge in [0, 0.05) is 24.3 Å². The number of pyridine rings is 1. The molecule has 5 nitrogen and oxygen atoms in total. The molecule has 0 aliphatic rings. The lowest BCUT2D eigenvalue weighted by Crippen LogP contribution is -2.44. The van der Waals surface area contributed by atoms with Crippen molar-refractivity contribution >= 4 is 5.65 Å². The maximum absolute atomic E-state index is 11.9. The second kappa shape index (κ2) is 5.50. The molecule has 2 aromatic heterocycles. The summed E-state index contributed by atoms with van der Waals surface area (Å²) < 4.78 is 1.51. The summed E-state index contributed by atoms with van der Waals surface area (Å²) in [6.45, 7) is 4.47. The molecule has 0 amide bonds. The van der Waals surface area contributed by atoms with Gasteiger partial charge in [0.15, 0.2) is 0 Å². The van der Waals surface area contributed by atoms with Crippen LogP contribution in [0.25, 0.3) is 5.65 Å². The lowest BCUT2D eigenvalue weighted by molar-refractivity contribution is 0.168. The Kier molecular flexibility index (Phi) is 3.97. The maximum Gasteiger partial charge on any atom is 0.258 e. The first-order chi connectivity index (χ1) is 9.08. The van der Waals surface area contributed by atoms with Crippen LogP contribution in [0, 0.1) is 0 Å². The van der Waals surface area contributed by atoms with Crippen molar-refractivity contribution in [3.63, 3.8) is 0 Å². The van der Waals surface area contributed by atoms with Gasteiger partial charge in [-0.2, -0.15) is 0 Å². The van der Waals surface area contributed by atoms with E-state index in [1.807, 2.05) is 19.9 Å². The molecule has 0 radical (unpaired) electrons. The zero-order chi connectivity index (χ0) is 13.9. The van der Waals surface area contributed by atoms with Crippen molar-refractivity contribution in [3.05, 3.63) is 46.5 Å². The van der Waals surface area contributed by atoms with E-state index < -0.39 is 0 Å². The summed E-state index contributed by atoms with van der Waals surface area (Å²) in [5, 5.41) is 12.6. The molecular formula is C14H19N3O2. The van der Waals surface area contributed by atoms with Crippen molar-refractivity contribution in [2.45, 2.75) is 32.4 Å². The maximum atomic E-state index is 11.9. The van der Waals surface area contributed by atoms with Crippen LogP contribution in [-0.2, 0) is 6.54 Å². The van der Waals surface area contributed by atoms with Crippen molar-refractivity contribution < 1.29 is 5.11 Å². The van der Waals surface area contributed by atoms with Crippen molar-refractivity contribution in [1.82, 2.24) is 14.7 Å². The molecule has 2 aromatic rings. The summed E-state index contributed by atoms with van der Waals surface area (Å²) in [4.78, 5) is 16.3. The molecule has 5 heteroatoms. The van der Waals surface area contributed by atoms with E-state index in [0.29, 0.717) is 17.9 Å². The van der Waals surface area contributed by atoms with Crippen LogP contribution in [0.5, 0.6) is 0 Å². The van der Waals surface area contributed by atoms with Gasteiger partial charge >= 0.3 is 0 Å². The van der Waals surface area contributed by atoms with E-state index >= 15 is 0 Å². The fourth-order valence-electron chi connectivity index (χ4n) is 1.79. The molecule has 0 aliphatic heterocycles. The normalized spacial score (nSPS) is 14.5. The van der Waals surface area contributed by atoms with E-state index in [4.69, 9.17) is 0 Å². The monoisotopic (exact) mass is 261 g/mol. The zero-order valence-corrected chi connectivity index (χ0v) is 11.3. The minimum atomic E-state index is -0.344. The molecule has 0 saturated heterocycles. The van der Waals surface area contributed by atoms with Gasteiger partial charge in [0.05, 0.1) is 12.3 Å². The smallest absolute Gasteiger partial charge is 0.258 e. The van der Waals surface area contributed by atoms with Crippen LogP contribution in [0.4, 0.5) is 0 Å². The molecule has 19 heavy (non-hydrogen) atoms. The highest BCUT2D eigenvalue weighted by Gasteiger charge is 2.19. The van der Waals surface area contributed by atoms with Crippen LogP contribution in [0.3, 0.4) is 0 Å². The molecule has 0 saturated carbocycles. The highest BCUT2D eigenvalue weighted by molar-refractivity contribution is 5.37. The molecule has 0 spiro atoms. The highest BCUT2D eigenvalue weighted by Crippen LogP contribution is 2.08. The average molecular weight is 261 g/mol. The first kappa shape index (κ1) is 13.7. The van der Waals surface area contributed by atoms with Crippen LogP contribution >= 0.6 is 0 Å². The van der Waals surface area contributed by atoms with Gasteiger partial charge in [-0.15, -0.1) is 0 Å². The van der Waals surface area contributed by atoms with Crippen LogP contribution < -0.4 is 10.9 Å². The van der Waals surface area contributed by atoms with Gasteiger partial charge in [0.2, 0.25) is 0 Å². The van der Waals surface area contributed by atoms with Gasteiger partial charge in [-0.1, -0.05) is 13.0 Å². The predicted octanol–water partition coefficient (Wildman–Crippen LogP) is 0.945. The third-order valence-corrected chi connectivity index (χ3v) is 3.45. The summed E-state index contributed by atoms with van der Waals surface area (Å²) in [7, 11) is 0. The average Bonchev–Trinajstić information content (AvgIpc) is 2.45. The molecule has 0 fully saturated rings. The number of aliphatic hydroxyl groups is 1. The number of hydrogen-bond donors (Lipinski definition) is 2. The van der Waals surface area contributed by atoms with Crippen molar-refractivity contribution in [2.75, 3.05) is 6.61 Å². The topological polar surface area (TPSA) is 66.6 Å². The lowest BCUT2D eigenvalue weighted by atomic mass is 10.0. The Morgan fingerprint density at radius 2 is 2.26 bits per heavy atom. The summed E-state index contributed by atoms with van der Waals surface area (Å²) in [5.41, 5.74) is 0.881. The molecular weight excluding hydrogens is 242 g/mol. The van der Waals surface area contributed by atoms with Crippen LogP contribution in [0.15, 0.2) is 35.3 Å². The Bertz CT molecular complexity index is 617. The van der Waals surface area contributed by atoms with Crippen LogP contribution in [0.1, 0.15) is 26.0 Å². The van der Waals surface area contributed by atoms with Crippen molar-refractivity contribution in [1.29, 1.82) is 0 Å². The first-order valence-electron chi connectivity index (χ1n) is 6.41. The molecule has 0 bridgehead atoms. The van der Waals surface area contributed by atoms with Gasteiger partial charge < -0.3 is 10.4 Å². The molecule has 2 N–H and O–H groups in total. The lowest BCUT2D eigenvalue weighted by Gasteiger charge is -2.27. The quantitative estimate of drug-likeness (QED) is 0.841. The molecule has 0 aliphatic carbocycles. The summed E-state index contributed by atoms with van der Waals surface area (Å²) in [5.74, 6) is 0. The fraction of sp³-hybridized carbons (Fsp3) is 0.429. The van der Waals surface area contributed by atoms with Crippen molar-refractivity contribution in [2.24, 2.45) is 0 Å². The summed E-state index contributed by atoms with van der Waals surface area (Å²) in [6.07, 6.45) is 2.50. The number of nitrogens with one attached hydrogen (secondary N) is 1. The summed E-state index contributed by atoms with van der Waals surface area (Å²) >= 11 is 0. The molecule has 2 rings (SSSR count). The number of fused-ring (bicyclic) bond motifs is 1. The highest BCUT2D eigenvalue weighted by atomic mass is 16.3. The molecule has 2 heterocycles. The van der Waals surface area contributed by atoms with E-state index in [0.717, 1.165) is 6.42 Å². The SMILES string of the molecule is CCC(C)(CO)NCc1cc(=O)n2ccccc2n1. The van der Waals surface area contributed by atoms with Gasteiger partial charge in [0.1, 0.15) is 5.65 Å². The third kappa shape index (κ3) is 3.00. The molecule has 0 aromatic carbocycles. The molecule has 1 unspecified atom stereocenters. The van der Waals surface area contributed by atoms with Gasteiger partial charge in [-0.25, -0.2) is 4.98 Å². The van der Waals surface area contributed by atoms with Gasteiger partial charge in [0.25, 0.3) is 5.56 Å². The number of hydrogen-bond acceptors (Lipinski definition) is 4. The second-order valence-corrected chi connectivity index (χ2v) is 4.94. The Hall–Kier alpha value is -1.72. The van der Waals surface area contributed by atoms with Crippen molar-refractivity contribution in [3.8, 4) is 0 Å². The zero-order valence-electron chi connectivity index (χ0n) is 11.3. The molecule has 102 valence electrons. The Morgan fingerprint density at radius 3 is 2.95 bits per heavy atom. The standard InChI is InChI=1S/C14H19N3O2/c1-3-14(2,10-18)15-9-11-8-13(19)17-7-5-4-6-12(17)16-11/h4-8,15,18H,3,9-10H2,1-2H3. The van der Waals surface area contributed by atoms with Crippen LogP contribution in [0.2, 0.25) is 0 Å².